The van der Waals surface area contributed by atoms with E-state index in [1.807, 2.05) is 30.3 Å². The first-order valence-electron chi connectivity index (χ1n) is 10.2. The standard InChI is InChI=1S/C22H32N2O6/c1-14(2)18(23-21(28)30-22(3,4)5)19(25)24-12-16(11-17(24)20(26)27)29-13-15-9-7-6-8-10-15/h6-10,14,16-18H,11-13H2,1-5H3,(H,23,28)(H,26,27)/t16-,17+,18+/m1/s1. The second-order valence-electron chi connectivity index (χ2n) is 8.87. The van der Waals surface area contributed by atoms with Gasteiger partial charge in [0.1, 0.15) is 17.7 Å². The lowest BCUT2D eigenvalue weighted by Gasteiger charge is -2.30. The second kappa shape index (κ2) is 9.93. The van der Waals surface area contributed by atoms with Crippen molar-refractivity contribution in [3.8, 4) is 0 Å². The Morgan fingerprint density at radius 3 is 2.37 bits per heavy atom. The predicted octanol–water partition coefficient (Wildman–Crippen LogP) is 2.81. The van der Waals surface area contributed by atoms with Crippen molar-refractivity contribution in [3.63, 3.8) is 0 Å². The number of amides is 2. The first kappa shape index (κ1) is 23.7. The number of hydrogen-bond acceptors (Lipinski definition) is 5. The van der Waals surface area contributed by atoms with E-state index in [0.29, 0.717) is 6.61 Å². The van der Waals surface area contributed by atoms with Crippen LogP contribution in [0.25, 0.3) is 0 Å². The summed E-state index contributed by atoms with van der Waals surface area (Å²) in [6, 6.07) is 7.66. The average molecular weight is 421 g/mol. The molecule has 3 atom stereocenters. The van der Waals surface area contributed by atoms with E-state index in [1.54, 1.807) is 34.6 Å². The van der Waals surface area contributed by atoms with Crippen molar-refractivity contribution in [1.82, 2.24) is 10.2 Å². The number of hydrogen-bond donors (Lipinski definition) is 2. The van der Waals surface area contributed by atoms with Gasteiger partial charge >= 0.3 is 12.1 Å². The Morgan fingerprint density at radius 2 is 1.83 bits per heavy atom. The number of aliphatic carboxylic acids is 1. The fraction of sp³-hybridized carbons (Fsp3) is 0.591. The van der Waals surface area contributed by atoms with Crippen LogP contribution in [0.15, 0.2) is 30.3 Å². The van der Waals surface area contributed by atoms with Crippen LogP contribution in [0.5, 0.6) is 0 Å². The molecule has 1 heterocycles. The molecule has 1 aliphatic heterocycles. The van der Waals surface area contributed by atoms with Gasteiger partial charge in [-0.15, -0.1) is 0 Å². The zero-order valence-corrected chi connectivity index (χ0v) is 18.3. The molecule has 8 heteroatoms. The van der Waals surface area contributed by atoms with Crippen LogP contribution in [0.2, 0.25) is 0 Å². The van der Waals surface area contributed by atoms with Crippen molar-refractivity contribution in [3.05, 3.63) is 35.9 Å². The summed E-state index contributed by atoms with van der Waals surface area (Å²) in [4.78, 5) is 38.4. The van der Waals surface area contributed by atoms with Crippen LogP contribution in [-0.4, -0.2) is 58.3 Å². The molecular formula is C22H32N2O6. The highest BCUT2D eigenvalue weighted by Gasteiger charge is 2.43. The highest BCUT2D eigenvalue weighted by molar-refractivity contribution is 5.90. The molecule has 1 aromatic carbocycles. The number of nitrogens with zero attached hydrogens (tertiary/aromatic N) is 1. The number of likely N-dealkylation sites (tertiary alicyclic amines) is 1. The van der Waals surface area contributed by atoms with Crippen molar-refractivity contribution in [2.75, 3.05) is 6.54 Å². The fourth-order valence-electron chi connectivity index (χ4n) is 3.31. The maximum atomic E-state index is 13.2. The summed E-state index contributed by atoms with van der Waals surface area (Å²) in [5, 5.41) is 12.2. The van der Waals surface area contributed by atoms with Crippen molar-refractivity contribution >= 4 is 18.0 Å². The summed E-state index contributed by atoms with van der Waals surface area (Å²) in [5.74, 6) is -1.79. The number of ether oxygens (including phenoxy) is 2. The third-order valence-electron chi connectivity index (χ3n) is 4.76. The topological polar surface area (TPSA) is 105 Å². The van der Waals surface area contributed by atoms with Gasteiger partial charge in [0, 0.05) is 13.0 Å². The van der Waals surface area contributed by atoms with Crippen molar-refractivity contribution in [2.24, 2.45) is 5.92 Å². The summed E-state index contributed by atoms with van der Waals surface area (Å²) in [6.07, 6.45) is -0.910. The molecule has 2 amide bonds. The molecule has 0 radical (unpaired) electrons. The van der Waals surface area contributed by atoms with Crippen LogP contribution in [0, 0.1) is 5.92 Å². The highest BCUT2D eigenvalue weighted by atomic mass is 16.6. The van der Waals surface area contributed by atoms with E-state index in [2.05, 4.69) is 5.32 Å². The number of carbonyl (C=O) groups excluding carboxylic acids is 2. The summed E-state index contributed by atoms with van der Waals surface area (Å²) in [5.41, 5.74) is 0.267. The molecule has 8 nitrogen and oxygen atoms in total. The predicted molar refractivity (Wildman–Crippen MR) is 111 cm³/mol. The zero-order valence-electron chi connectivity index (χ0n) is 18.3. The van der Waals surface area contributed by atoms with Crippen molar-refractivity contribution in [2.45, 2.75) is 71.4 Å². The molecule has 1 aliphatic rings. The maximum absolute atomic E-state index is 13.2. The van der Waals surface area contributed by atoms with E-state index in [1.165, 1.54) is 4.90 Å². The van der Waals surface area contributed by atoms with Crippen LogP contribution in [0.3, 0.4) is 0 Å². The molecule has 1 fully saturated rings. The van der Waals surface area contributed by atoms with Gasteiger partial charge < -0.3 is 24.8 Å². The average Bonchev–Trinajstić information content (AvgIpc) is 3.08. The number of nitrogens with one attached hydrogen (secondary N) is 1. The summed E-state index contributed by atoms with van der Waals surface area (Å²) < 4.78 is 11.1. The van der Waals surface area contributed by atoms with Crippen LogP contribution in [0.4, 0.5) is 4.79 Å². The summed E-state index contributed by atoms with van der Waals surface area (Å²) in [7, 11) is 0. The Labute approximate surface area is 177 Å². The number of rotatable bonds is 7. The molecule has 0 aliphatic carbocycles. The minimum absolute atomic E-state index is 0.155. The van der Waals surface area contributed by atoms with E-state index in [-0.39, 0.29) is 18.9 Å². The van der Waals surface area contributed by atoms with Gasteiger partial charge in [-0.25, -0.2) is 9.59 Å². The molecule has 1 saturated heterocycles. The molecule has 0 spiro atoms. The van der Waals surface area contributed by atoms with Gasteiger partial charge in [-0.05, 0) is 32.3 Å². The lowest BCUT2D eigenvalue weighted by molar-refractivity contribution is -0.149. The van der Waals surface area contributed by atoms with E-state index < -0.39 is 41.8 Å². The van der Waals surface area contributed by atoms with Crippen molar-refractivity contribution in [1.29, 1.82) is 0 Å². The quantitative estimate of drug-likeness (QED) is 0.703. The molecule has 0 unspecified atom stereocenters. The third kappa shape index (κ3) is 6.73. The Balaban J connectivity index is 2.07. The lowest BCUT2D eigenvalue weighted by atomic mass is 10.0. The van der Waals surface area contributed by atoms with Gasteiger partial charge in [0.25, 0.3) is 0 Å². The number of carbonyl (C=O) groups is 3. The summed E-state index contributed by atoms with van der Waals surface area (Å²) in [6.45, 7) is 9.26. The van der Waals surface area contributed by atoms with E-state index in [4.69, 9.17) is 9.47 Å². The van der Waals surface area contributed by atoms with Gasteiger partial charge in [-0.2, -0.15) is 0 Å². The Hall–Kier alpha value is -2.61. The Bertz CT molecular complexity index is 744. The molecule has 0 bridgehead atoms. The largest absolute Gasteiger partial charge is 0.480 e. The second-order valence-corrected chi connectivity index (χ2v) is 8.87. The third-order valence-corrected chi connectivity index (χ3v) is 4.76. The van der Waals surface area contributed by atoms with Gasteiger partial charge in [-0.3, -0.25) is 4.79 Å². The molecule has 0 aromatic heterocycles. The maximum Gasteiger partial charge on any atom is 0.408 e. The Kier molecular flexibility index (Phi) is 7.83. The smallest absolute Gasteiger partial charge is 0.408 e. The monoisotopic (exact) mass is 420 g/mol. The lowest BCUT2D eigenvalue weighted by Crippen LogP contribution is -2.54. The molecule has 0 saturated carbocycles. The van der Waals surface area contributed by atoms with Gasteiger partial charge in [0.2, 0.25) is 5.91 Å². The van der Waals surface area contributed by atoms with E-state index >= 15 is 0 Å². The van der Waals surface area contributed by atoms with Gasteiger partial charge in [-0.1, -0.05) is 44.2 Å². The van der Waals surface area contributed by atoms with Crippen molar-refractivity contribution < 1.29 is 29.0 Å². The molecule has 166 valence electrons. The first-order valence-corrected chi connectivity index (χ1v) is 10.2. The SMILES string of the molecule is CC(C)[C@H](NC(=O)OC(C)(C)C)C(=O)N1C[C@H](OCc2ccccc2)C[C@H]1C(=O)O. The number of carboxylic acids is 1. The van der Waals surface area contributed by atoms with E-state index in [0.717, 1.165) is 5.56 Å². The molecule has 1 aromatic rings. The van der Waals surface area contributed by atoms with Crippen LogP contribution in [0.1, 0.15) is 46.6 Å². The van der Waals surface area contributed by atoms with E-state index in [9.17, 15) is 19.5 Å². The van der Waals surface area contributed by atoms with Crippen LogP contribution >= 0.6 is 0 Å². The van der Waals surface area contributed by atoms with Crippen LogP contribution in [-0.2, 0) is 25.7 Å². The first-order chi connectivity index (χ1) is 14.0. The number of benzene rings is 1. The van der Waals surface area contributed by atoms with Crippen LogP contribution < -0.4 is 5.32 Å². The normalized spacial score (nSPS) is 20.1. The Morgan fingerprint density at radius 1 is 1.20 bits per heavy atom. The minimum Gasteiger partial charge on any atom is -0.480 e. The molecule has 30 heavy (non-hydrogen) atoms. The molecular weight excluding hydrogens is 388 g/mol. The number of carboxylic acid groups (broad SMARTS) is 1. The highest BCUT2D eigenvalue weighted by Crippen LogP contribution is 2.24. The minimum atomic E-state index is -1.09. The number of alkyl carbamates (subject to hydrolysis) is 1. The fourth-order valence-corrected chi connectivity index (χ4v) is 3.31. The summed E-state index contributed by atoms with van der Waals surface area (Å²) >= 11 is 0. The molecule has 2 rings (SSSR count). The molecule has 2 N–H and O–H groups in total. The van der Waals surface area contributed by atoms with Gasteiger partial charge in [0.15, 0.2) is 0 Å². The zero-order chi connectivity index (χ0) is 22.5. The van der Waals surface area contributed by atoms with Gasteiger partial charge in [0.05, 0.1) is 12.7 Å².